The summed E-state index contributed by atoms with van der Waals surface area (Å²) in [4.78, 5) is 16.7. The number of piperidine rings is 1. The minimum Gasteiger partial charge on any atom is -0.448 e. The van der Waals surface area contributed by atoms with Crippen LogP contribution >= 0.6 is 0 Å². The lowest BCUT2D eigenvalue weighted by Gasteiger charge is -2.35. The number of ether oxygens (including phenoxy) is 1. The summed E-state index contributed by atoms with van der Waals surface area (Å²) in [6.07, 6.45) is 7.06. The van der Waals surface area contributed by atoms with Gasteiger partial charge < -0.3 is 9.64 Å². The molecule has 0 aromatic heterocycles. The van der Waals surface area contributed by atoms with Gasteiger partial charge in [0.15, 0.2) is 0 Å². The third-order valence-corrected chi connectivity index (χ3v) is 6.02. The van der Waals surface area contributed by atoms with Gasteiger partial charge in [0.05, 0.1) is 6.54 Å². The maximum atomic E-state index is 12.6. The Morgan fingerprint density at radius 1 is 1.11 bits per heavy atom. The SMILES string of the molecule is C#CCN(C)C1CCN(C(=O)OCC2c3ccccc3-c3ccccc32)CC1. The Bertz CT molecular complexity index is 848. The van der Waals surface area contributed by atoms with Gasteiger partial charge in [-0.15, -0.1) is 6.42 Å². The summed E-state index contributed by atoms with van der Waals surface area (Å²) < 4.78 is 5.76. The Kier molecular flexibility index (Phi) is 5.36. The van der Waals surface area contributed by atoms with Gasteiger partial charge in [0.1, 0.15) is 6.61 Å². The van der Waals surface area contributed by atoms with Crippen molar-refractivity contribution >= 4 is 6.09 Å². The van der Waals surface area contributed by atoms with E-state index in [1.165, 1.54) is 22.3 Å². The van der Waals surface area contributed by atoms with Crippen LogP contribution in [0, 0.1) is 12.3 Å². The van der Waals surface area contributed by atoms with Crippen molar-refractivity contribution in [3.63, 3.8) is 0 Å². The molecule has 0 N–H and O–H groups in total. The molecule has 0 atom stereocenters. The van der Waals surface area contributed by atoms with Crippen LogP contribution in [-0.4, -0.2) is 55.2 Å². The number of nitrogens with zero attached hydrogens (tertiary/aromatic N) is 2. The van der Waals surface area contributed by atoms with Gasteiger partial charge in [-0.05, 0) is 42.1 Å². The van der Waals surface area contributed by atoms with Gasteiger partial charge in [-0.25, -0.2) is 4.79 Å². The molecule has 1 aliphatic heterocycles. The van der Waals surface area contributed by atoms with E-state index in [9.17, 15) is 4.79 Å². The number of fused-ring (bicyclic) bond motifs is 3. The topological polar surface area (TPSA) is 32.8 Å². The highest BCUT2D eigenvalue weighted by atomic mass is 16.6. The summed E-state index contributed by atoms with van der Waals surface area (Å²) in [6.45, 7) is 2.46. The molecule has 0 radical (unpaired) electrons. The summed E-state index contributed by atoms with van der Waals surface area (Å²) in [6, 6.07) is 17.2. The van der Waals surface area contributed by atoms with E-state index < -0.39 is 0 Å². The van der Waals surface area contributed by atoms with Crippen LogP contribution in [0.1, 0.15) is 29.9 Å². The highest BCUT2D eigenvalue weighted by Crippen LogP contribution is 2.44. The fraction of sp³-hybridized carbons (Fsp3) is 0.375. The van der Waals surface area contributed by atoms with Crippen LogP contribution in [0.3, 0.4) is 0 Å². The zero-order valence-electron chi connectivity index (χ0n) is 16.3. The predicted octanol–water partition coefficient (Wildman–Crippen LogP) is 3.96. The number of likely N-dealkylation sites (tertiary alicyclic amines) is 1. The molecule has 1 amide bonds. The first kappa shape index (κ1) is 18.6. The number of carbonyl (C=O) groups is 1. The molecule has 0 spiro atoms. The quantitative estimate of drug-likeness (QED) is 0.760. The van der Waals surface area contributed by atoms with Gasteiger partial charge >= 0.3 is 6.09 Å². The Balaban J connectivity index is 1.38. The lowest BCUT2D eigenvalue weighted by atomic mass is 9.98. The third-order valence-electron chi connectivity index (χ3n) is 6.02. The average molecular weight is 374 g/mol. The van der Waals surface area contributed by atoms with Crippen LogP contribution in [0.4, 0.5) is 4.79 Å². The van der Waals surface area contributed by atoms with Crippen molar-refractivity contribution < 1.29 is 9.53 Å². The second kappa shape index (κ2) is 8.08. The molecule has 28 heavy (non-hydrogen) atoms. The number of amides is 1. The minimum atomic E-state index is -0.208. The molecule has 1 saturated heterocycles. The highest BCUT2D eigenvalue weighted by Gasteiger charge is 2.31. The van der Waals surface area contributed by atoms with Gasteiger partial charge in [0.25, 0.3) is 0 Å². The van der Waals surface area contributed by atoms with E-state index in [1.807, 2.05) is 11.9 Å². The van der Waals surface area contributed by atoms with Crippen molar-refractivity contribution in [2.75, 3.05) is 33.3 Å². The smallest absolute Gasteiger partial charge is 0.409 e. The van der Waals surface area contributed by atoms with E-state index in [4.69, 9.17) is 11.2 Å². The fourth-order valence-corrected chi connectivity index (χ4v) is 4.45. The zero-order chi connectivity index (χ0) is 19.5. The summed E-state index contributed by atoms with van der Waals surface area (Å²) in [7, 11) is 2.05. The Hall–Kier alpha value is -2.77. The molecule has 0 unspecified atom stereocenters. The van der Waals surface area contributed by atoms with Gasteiger partial charge in [-0.3, -0.25) is 4.90 Å². The summed E-state index contributed by atoms with van der Waals surface area (Å²) in [5.41, 5.74) is 4.98. The maximum absolute atomic E-state index is 12.6. The fourth-order valence-electron chi connectivity index (χ4n) is 4.45. The predicted molar refractivity (Wildman–Crippen MR) is 111 cm³/mol. The molecule has 1 heterocycles. The number of benzene rings is 2. The lowest BCUT2D eigenvalue weighted by Crippen LogP contribution is -2.46. The average Bonchev–Trinajstić information content (AvgIpc) is 3.06. The number of hydrogen-bond donors (Lipinski definition) is 0. The van der Waals surface area contributed by atoms with E-state index in [0.29, 0.717) is 19.2 Å². The third kappa shape index (κ3) is 3.50. The molecule has 0 saturated carbocycles. The molecule has 4 nitrogen and oxygen atoms in total. The number of terminal acetylenes is 1. The normalized spacial score (nSPS) is 16.5. The van der Waals surface area contributed by atoms with E-state index in [-0.39, 0.29) is 12.0 Å². The van der Waals surface area contributed by atoms with Gasteiger partial charge in [0.2, 0.25) is 0 Å². The van der Waals surface area contributed by atoms with Crippen LogP contribution < -0.4 is 0 Å². The van der Waals surface area contributed by atoms with Gasteiger partial charge in [-0.2, -0.15) is 0 Å². The molecule has 1 fully saturated rings. The Morgan fingerprint density at radius 2 is 1.68 bits per heavy atom. The van der Waals surface area contributed by atoms with E-state index in [0.717, 1.165) is 25.9 Å². The summed E-state index contributed by atoms with van der Waals surface area (Å²) in [5, 5.41) is 0. The van der Waals surface area contributed by atoms with Crippen molar-refractivity contribution in [2.45, 2.75) is 24.8 Å². The van der Waals surface area contributed by atoms with E-state index in [2.05, 4.69) is 59.4 Å². The van der Waals surface area contributed by atoms with Crippen molar-refractivity contribution in [3.8, 4) is 23.5 Å². The first-order valence-corrected chi connectivity index (χ1v) is 9.92. The number of rotatable bonds is 4. The second-order valence-corrected chi connectivity index (χ2v) is 7.64. The summed E-state index contributed by atoms with van der Waals surface area (Å²) >= 11 is 0. The van der Waals surface area contributed by atoms with Gasteiger partial charge in [0, 0.05) is 25.0 Å². The monoisotopic (exact) mass is 374 g/mol. The van der Waals surface area contributed by atoms with Crippen molar-refractivity contribution in [3.05, 3.63) is 59.7 Å². The molecular formula is C24H26N2O2. The molecule has 4 heteroatoms. The minimum absolute atomic E-state index is 0.107. The van der Waals surface area contributed by atoms with E-state index >= 15 is 0 Å². The number of carbonyl (C=O) groups excluding carboxylic acids is 1. The second-order valence-electron chi connectivity index (χ2n) is 7.64. The van der Waals surface area contributed by atoms with E-state index in [1.54, 1.807) is 0 Å². The van der Waals surface area contributed by atoms with Crippen LogP contribution in [0.15, 0.2) is 48.5 Å². The van der Waals surface area contributed by atoms with Crippen LogP contribution in [-0.2, 0) is 4.74 Å². The molecule has 4 rings (SSSR count). The van der Waals surface area contributed by atoms with Crippen LogP contribution in [0.25, 0.3) is 11.1 Å². The van der Waals surface area contributed by atoms with Crippen molar-refractivity contribution in [2.24, 2.45) is 0 Å². The standard InChI is InChI=1S/C24H26N2O2/c1-3-14-25(2)18-12-15-26(16-13-18)24(27)28-17-23-21-10-6-4-8-19(21)20-9-5-7-11-22(20)23/h1,4-11,18,23H,12-17H2,2H3. The van der Waals surface area contributed by atoms with Crippen molar-refractivity contribution in [1.29, 1.82) is 0 Å². The molecular weight excluding hydrogens is 348 g/mol. The molecule has 144 valence electrons. The lowest BCUT2D eigenvalue weighted by molar-refractivity contribution is 0.0779. The first-order chi connectivity index (χ1) is 13.7. The Morgan fingerprint density at radius 3 is 2.25 bits per heavy atom. The Labute approximate surface area is 167 Å². The summed E-state index contributed by atoms with van der Waals surface area (Å²) in [5.74, 6) is 2.79. The van der Waals surface area contributed by atoms with Crippen LogP contribution in [0.2, 0.25) is 0 Å². The zero-order valence-corrected chi connectivity index (χ0v) is 16.3. The number of hydrogen-bond acceptors (Lipinski definition) is 3. The molecule has 2 aliphatic rings. The molecule has 1 aliphatic carbocycles. The molecule has 2 aromatic carbocycles. The first-order valence-electron chi connectivity index (χ1n) is 9.92. The van der Waals surface area contributed by atoms with Crippen molar-refractivity contribution in [1.82, 2.24) is 9.80 Å². The molecule has 0 bridgehead atoms. The largest absolute Gasteiger partial charge is 0.448 e. The molecule has 2 aromatic rings. The maximum Gasteiger partial charge on any atom is 0.409 e. The van der Waals surface area contributed by atoms with Gasteiger partial charge in [-0.1, -0.05) is 54.5 Å². The highest BCUT2D eigenvalue weighted by molar-refractivity contribution is 5.79. The van der Waals surface area contributed by atoms with Crippen LogP contribution in [0.5, 0.6) is 0 Å².